The molecule has 14 heavy (non-hydrogen) atoms. The van der Waals surface area contributed by atoms with E-state index in [0.717, 1.165) is 29.8 Å². The lowest BCUT2D eigenvalue weighted by molar-refractivity contribution is 0.615. The summed E-state index contributed by atoms with van der Waals surface area (Å²) in [7, 11) is 0. The molecule has 0 aliphatic carbocycles. The molecule has 1 radical (unpaired) electrons. The van der Waals surface area contributed by atoms with Crippen molar-refractivity contribution in [1.29, 1.82) is 0 Å². The average Bonchev–Trinajstić information content (AvgIpc) is 2.88. The van der Waals surface area contributed by atoms with Crippen LogP contribution in [0.5, 0.6) is 0 Å². The molecular formula is C11H11N2O. The number of anilines is 1. The number of fused-ring (bicyclic) bond motifs is 1. The summed E-state index contributed by atoms with van der Waals surface area (Å²) in [5.41, 5.74) is 0.912. The van der Waals surface area contributed by atoms with Crippen molar-refractivity contribution in [2.24, 2.45) is 0 Å². The number of aromatic nitrogens is 1. The summed E-state index contributed by atoms with van der Waals surface area (Å²) in [6, 6.07) is 3.87. The van der Waals surface area contributed by atoms with Gasteiger partial charge in [-0.3, -0.25) is 0 Å². The molecule has 71 valence electrons. The standard InChI is InChI=1S/C11H11N2O/c1-2-7-13(6-1)11-9-4-8-14-10(9)3-5-12-11/h3-6,8H,1-2,7H2. The summed E-state index contributed by atoms with van der Waals surface area (Å²) in [6.45, 7) is 3.27. The quantitative estimate of drug-likeness (QED) is 0.687. The number of pyridine rings is 1. The number of hydrogen-bond donors (Lipinski definition) is 0. The number of rotatable bonds is 1. The van der Waals surface area contributed by atoms with Gasteiger partial charge in [-0.15, -0.1) is 0 Å². The van der Waals surface area contributed by atoms with Crippen LogP contribution in [0.2, 0.25) is 0 Å². The summed E-state index contributed by atoms with van der Waals surface area (Å²) in [6.07, 6.45) is 5.88. The summed E-state index contributed by atoms with van der Waals surface area (Å²) in [5, 5.41) is 1.10. The van der Waals surface area contributed by atoms with E-state index in [1.165, 1.54) is 6.42 Å². The predicted molar refractivity (Wildman–Crippen MR) is 54.9 cm³/mol. The second kappa shape index (κ2) is 3.01. The van der Waals surface area contributed by atoms with Gasteiger partial charge in [0.15, 0.2) is 0 Å². The third-order valence-electron chi connectivity index (χ3n) is 2.58. The first-order valence-electron chi connectivity index (χ1n) is 4.87. The molecule has 3 heteroatoms. The van der Waals surface area contributed by atoms with E-state index in [1.807, 2.05) is 12.1 Å². The van der Waals surface area contributed by atoms with Crippen molar-refractivity contribution in [3.05, 3.63) is 31.1 Å². The molecule has 0 amide bonds. The second-order valence-corrected chi connectivity index (χ2v) is 3.49. The fraction of sp³-hybridized carbons (Fsp3) is 0.273. The van der Waals surface area contributed by atoms with E-state index in [1.54, 1.807) is 12.5 Å². The van der Waals surface area contributed by atoms with Crippen LogP contribution in [0.3, 0.4) is 0 Å². The minimum Gasteiger partial charge on any atom is -0.464 e. The molecule has 0 spiro atoms. The van der Waals surface area contributed by atoms with Gasteiger partial charge in [-0.2, -0.15) is 0 Å². The van der Waals surface area contributed by atoms with Crippen molar-refractivity contribution in [3.8, 4) is 0 Å². The lowest BCUT2D eigenvalue weighted by atomic mass is 10.3. The lowest BCUT2D eigenvalue weighted by Gasteiger charge is -2.15. The number of hydrogen-bond acceptors (Lipinski definition) is 3. The van der Waals surface area contributed by atoms with E-state index in [9.17, 15) is 0 Å². The Bertz CT molecular complexity index is 443. The normalized spacial score (nSPS) is 16.7. The average molecular weight is 187 g/mol. The summed E-state index contributed by atoms with van der Waals surface area (Å²) in [4.78, 5) is 6.60. The maximum atomic E-state index is 5.34. The van der Waals surface area contributed by atoms with Gasteiger partial charge >= 0.3 is 0 Å². The smallest absolute Gasteiger partial charge is 0.140 e. The Labute approximate surface area is 82.3 Å². The molecule has 2 aromatic heterocycles. The molecule has 1 aliphatic rings. The molecule has 3 nitrogen and oxygen atoms in total. The zero-order valence-electron chi connectivity index (χ0n) is 7.81. The third kappa shape index (κ3) is 1.09. The zero-order valence-corrected chi connectivity index (χ0v) is 7.81. The van der Waals surface area contributed by atoms with E-state index < -0.39 is 0 Å². The molecular weight excluding hydrogens is 176 g/mol. The van der Waals surface area contributed by atoms with Gasteiger partial charge < -0.3 is 9.32 Å². The van der Waals surface area contributed by atoms with E-state index in [4.69, 9.17) is 4.42 Å². The fourth-order valence-electron chi connectivity index (χ4n) is 1.90. The summed E-state index contributed by atoms with van der Waals surface area (Å²) in [5.74, 6) is 1.02. The van der Waals surface area contributed by atoms with Gasteiger partial charge in [0.2, 0.25) is 0 Å². The summed E-state index contributed by atoms with van der Waals surface area (Å²) >= 11 is 0. The molecule has 0 N–H and O–H groups in total. The highest BCUT2D eigenvalue weighted by molar-refractivity contribution is 5.88. The van der Waals surface area contributed by atoms with Crippen LogP contribution in [-0.4, -0.2) is 11.5 Å². The summed E-state index contributed by atoms with van der Waals surface area (Å²) < 4.78 is 5.34. The van der Waals surface area contributed by atoms with Gasteiger partial charge in [-0.1, -0.05) is 0 Å². The van der Waals surface area contributed by atoms with Crippen molar-refractivity contribution in [1.82, 2.24) is 4.98 Å². The molecule has 2 aromatic rings. The Balaban J connectivity index is 2.14. The topological polar surface area (TPSA) is 29.3 Å². The monoisotopic (exact) mass is 187 g/mol. The molecule has 0 unspecified atom stereocenters. The second-order valence-electron chi connectivity index (χ2n) is 3.49. The van der Waals surface area contributed by atoms with E-state index in [2.05, 4.69) is 16.4 Å². The van der Waals surface area contributed by atoms with Gasteiger partial charge in [-0.05, 0) is 25.0 Å². The van der Waals surface area contributed by atoms with Crippen molar-refractivity contribution in [3.63, 3.8) is 0 Å². The highest BCUT2D eigenvalue weighted by atomic mass is 16.3. The molecule has 3 rings (SSSR count). The van der Waals surface area contributed by atoms with Crippen LogP contribution in [0.15, 0.2) is 29.0 Å². The van der Waals surface area contributed by atoms with E-state index >= 15 is 0 Å². The van der Waals surface area contributed by atoms with Gasteiger partial charge in [0, 0.05) is 12.7 Å². The Morgan fingerprint density at radius 1 is 1.36 bits per heavy atom. The van der Waals surface area contributed by atoms with Crippen LogP contribution in [0.25, 0.3) is 11.0 Å². The Kier molecular flexibility index (Phi) is 1.69. The minimum atomic E-state index is 0.912. The van der Waals surface area contributed by atoms with Crippen LogP contribution in [-0.2, 0) is 0 Å². The van der Waals surface area contributed by atoms with Crippen LogP contribution < -0.4 is 4.90 Å². The zero-order chi connectivity index (χ0) is 9.38. The van der Waals surface area contributed by atoms with Gasteiger partial charge in [0.05, 0.1) is 18.2 Å². The Morgan fingerprint density at radius 3 is 3.21 bits per heavy atom. The van der Waals surface area contributed by atoms with Crippen molar-refractivity contribution >= 4 is 16.8 Å². The molecule has 1 fully saturated rings. The highest BCUT2D eigenvalue weighted by Crippen LogP contribution is 2.28. The van der Waals surface area contributed by atoms with Crippen molar-refractivity contribution < 1.29 is 4.42 Å². The fourth-order valence-corrected chi connectivity index (χ4v) is 1.90. The highest BCUT2D eigenvalue weighted by Gasteiger charge is 2.16. The molecule has 0 bridgehead atoms. The van der Waals surface area contributed by atoms with Gasteiger partial charge in [0.1, 0.15) is 11.4 Å². The minimum absolute atomic E-state index is 0.912. The number of nitrogens with zero attached hydrogens (tertiary/aromatic N) is 2. The first-order valence-corrected chi connectivity index (χ1v) is 4.87. The Hall–Kier alpha value is -1.51. The molecule has 1 aliphatic heterocycles. The largest absolute Gasteiger partial charge is 0.464 e. The molecule has 0 saturated carbocycles. The lowest BCUT2D eigenvalue weighted by Crippen LogP contribution is -2.15. The van der Waals surface area contributed by atoms with E-state index in [0.29, 0.717) is 0 Å². The molecule has 0 aromatic carbocycles. The maximum absolute atomic E-state index is 5.34. The SMILES string of the molecule is [CH]1CCCN1c1nccc2occc12. The molecule has 1 saturated heterocycles. The van der Waals surface area contributed by atoms with Crippen LogP contribution in [0.1, 0.15) is 12.8 Å². The van der Waals surface area contributed by atoms with E-state index in [-0.39, 0.29) is 0 Å². The van der Waals surface area contributed by atoms with Crippen LogP contribution in [0.4, 0.5) is 5.82 Å². The Morgan fingerprint density at radius 2 is 2.36 bits per heavy atom. The van der Waals surface area contributed by atoms with Gasteiger partial charge in [-0.25, -0.2) is 4.98 Å². The first kappa shape index (κ1) is 7.85. The molecule has 0 atom stereocenters. The van der Waals surface area contributed by atoms with Crippen molar-refractivity contribution in [2.75, 3.05) is 11.4 Å². The molecule has 3 heterocycles. The van der Waals surface area contributed by atoms with Gasteiger partial charge in [0.25, 0.3) is 0 Å². The van der Waals surface area contributed by atoms with Crippen LogP contribution in [0, 0.1) is 6.54 Å². The first-order chi connectivity index (χ1) is 6.95. The number of furan rings is 1. The van der Waals surface area contributed by atoms with Crippen LogP contribution >= 0.6 is 0 Å². The van der Waals surface area contributed by atoms with Crippen molar-refractivity contribution in [2.45, 2.75) is 12.8 Å². The maximum Gasteiger partial charge on any atom is 0.140 e. The predicted octanol–water partition coefficient (Wildman–Crippen LogP) is 2.59. The third-order valence-corrected chi connectivity index (χ3v) is 2.58.